The standard InChI is InChI=1S/C16H19N3O2/c1-21-15-5-2-13(3-6-15)8-9-19-16(20)7-4-14-10-17-12-18-11-14/h2-3,5-6,10-12H,4,7-9H2,1H3,(H,19,20). The Bertz CT molecular complexity index is 555. The molecule has 5 nitrogen and oxygen atoms in total. The van der Waals surface area contributed by atoms with Crippen molar-refractivity contribution < 1.29 is 9.53 Å². The van der Waals surface area contributed by atoms with E-state index in [1.807, 2.05) is 24.3 Å². The van der Waals surface area contributed by atoms with Crippen molar-refractivity contribution in [3.8, 4) is 5.75 Å². The van der Waals surface area contributed by atoms with E-state index < -0.39 is 0 Å². The number of hydrogen-bond donors (Lipinski definition) is 1. The zero-order chi connectivity index (χ0) is 14.9. The van der Waals surface area contributed by atoms with E-state index in [0.29, 0.717) is 19.4 Å². The van der Waals surface area contributed by atoms with Crippen LogP contribution in [0.4, 0.5) is 0 Å². The molecule has 0 spiro atoms. The van der Waals surface area contributed by atoms with Crippen molar-refractivity contribution >= 4 is 5.91 Å². The average Bonchev–Trinajstić information content (AvgIpc) is 2.54. The third kappa shape index (κ3) is 5.22. The fraction of sp³-hybridized carbons (Fsp3) is 0.312. The second-order valence-electron chi connectivity index (χ2n) is 4.69. The van der Waals surface area contributed by atoms with E-state index in [1.54, 1.807) is 19.5 Å². The number of benzene rings is 1. The number of carbonyl (C=O) groups excluding carboxylic acids is 1. The van der Waals surface area contributed by atoms with Crippen molar-refractivity contribution in [3.05, 3.63) is 54.1 Å². The van der Waals surface area contributed by atoms with Gasteiger partial charge in [0.05, 0.1) is 7.11 Å². The van der Waals surface area contributed by atoms with Crippen LogP contribution in [0.3, 0.4) is 0 Å². The van der Waals surface area contributed by atoms with Crippen molar-refractivity contribution in [2.45, 2.75) is 19.3 Å². The SMILES string of the molecule is COc1ccc(CCNC(=O)CCc2cncnc2)cc1. The molecular formula is C16H19N3O2. The lowest BCUT2D eigenvalue weighted by Crippen LogP contribution is -2.25. The summed E-state index contributed by atoms with van der Waals surface area (Å²) < 4.78 is 5.11. The molecule has 0 aliphatic rings. The van der Waals surface area contributed by atoms with Gasteiger partial charge in [0.25, 0.3) is 0 Å². The van der Waals surface area contributed by atoms with Gasteiger partial charge in [-0.1, -0.05) is 12.1 Å². The Balaban J connectivity index is 1.66. The minimum absolute atomic E-state index is 0.0485. The molecule has 0 saturated heterocycles. The third-order valence-corrected chi connectivity index (χ3v) is 3.15. The van der Waals surface area contributed by atoms with Gasteiger partial charge in [0, 0.05) is 25.4 Å². The molecule has 1 amide bonds. The molecule has 2 rings (SSSR count). The molecule has 1 aromatic heterocycles. The number of rotatable bonds is 7. The summed E-state index contributed by atoms with van der Waals surface area (Å²) in [6, 6.07) is 7.86. The quantitative estimate of drug-likeness (QED) is 0.842. The topological polar surface area (TPSA) is 64.1 Å². The fourth-order valence-electron chi connectivity index (χ4n) is 1.94. The van der Waals surface area contributed by atoms with Gasteiger partial charge in [0.1, 0.15) is 12.1 Å². The highest BCUT2D eigenvalue weighted by molar-refractivity contribution is 5.76. The lowest BCUT2D eigenvalue weighted by Gasteiger charge is -2.06. The summed E-state index contributed by atoms with van der Waals surface area (Å²) in [5, 5.41) is 2.92. The van der Waals surface area contributed by atoms with Crippen molar-refractivity contribution in [2.75, 3.05) is 13.7 Å². The lowest BCUT2D eigenvalue weighted by atomic mass is 10.1. The van der Waals surface area contributed by atoms with E-state index >= 15 is 0 Å². The molecule has 0 atom stereocenters. The molecule has 5 heteroatoms. The average molecular weight is 285 g/mol. The molecular weight excluding hydrogens is 266 g/mol. The number of nitrogens with one attached hydrogen (secondary N) is 1. The van der Waals surface area contributed by atoms with Crippen LogP contribution in [0.25, 0.3) is 0 Å². The molecule has 1 N–H and O–H groups in total. The Morgan fingerprint density at radius 1 is 1.10 bits per heavy atom. The number of carbonyl (C=O) groups is 1. The van der Waals surface area contributed by atoms with Gasteiger partial charge in [-0.2, -0.15) is 0 Å². The largest absolute Gasteiger partial charge is 0.497 e. The zero-order valence-electron chi connectivity index (χ0n) is 12.1. The lowest BCUT2D eigenvalue weighted by molar-refractivity contribution is -0.121. The molecule has 0 fully saturated rings. The Morgan fingerprint density at radius 2 is 1.81 bits per heavy atom. The first-order valence-electron chi connectivity index (χ1n) is 6.91. The Kier molecular flexibility index (Phi) is 5.70. The van der Waals surface area contributed by atoms with Crippen LogP contribution in [0.2, 0.25) is 0 Å². The van der Waals surface area contributed by atoms with Crippen molar-refractivity contribution in [1.29, 1.82) is 0 Å². The summed E-state index contributed by atoms with van der Waals surface area (Å²) in [7, 11) is 1.65. The molecule has 21 heavy (non-hydrogen) atoms. The third-order valence-electron chi connectivity index (χ3n) is 3.15. The number of aryl methyl sites for hydroxylation is 1. The van der Waals surface area contributed by atoms with Gasteiger partial charge < -0.3 is 10.1 Å². The van der Waals surface area contributed by atoms with E-state index in [2.05, 4.69) is 15.3 Å². The molecule has 0 aliphatic carbocycles. The first-order valence-corrected chi connectivity index (χ1v) is 6.91. The van der Waals surface area contributed by atoms with E-state index in [0.717, 1.165) is 17.7 Å². The Morgan fingerprint density at radius 3 is 2.48 bits per heavy atom. The highest BCUT2D eigenvalue weighted by atomic mass is 16.5. The maximum Gasteiger partial charge on any atom is 0.220 e. The Labute approximate surface area is 124 Å². The second kappa shape index (κ2) is 7.99. The smallest absolute Gasteiger partial charge is 0.220 e. The zero-order valence-corrected chi connectivity index (χ0v) is 12.1. The van der Waals surface area contributed by atoms with Crippen molar-refractivity contribution in [1.82, 2.24) is 15.3 Å². The monoisotopic (exact) mass is 285 g/mol. The van der Waals surface area contributed by atoms with Crippen LogP contribution >= 0.6 is 0 Å². The molecule has 0 aliphatic heterocycles. The predicted octanol–water partition coefficient (Wildman–Crippen LogP) is 1.78. The molecule has 0 bridgehead atoms. The highest BCUT2D eigenvalue weighted by Gasteiger charge is 2.02. The van der Waals surface area contributed by atoms with Crippen LogP contribution in [0, 0.1) is 0 Å². The highest BCUT2D eigenvalue weighted by Crippen LogP contribution is 2.11. The predicted molar refractivity (Wildman–Crippen MR) is 80.1 cm³/mol. The number of aromatic nitrogens is 2. The first kappa shape index (κ1) is 15.0. The molecule has 0 radical (unpaired) electrons. The summed E-state index contributed by atoms with van der Waals surface area (Å²) in [6.07, 6.45) is 6.88. The molecule has 0 unspecified atom stereocenters. The van der Waals surface area contributed by atoms with Gasteiger partial charge in [-0.15, -0.1) is 0 Å². The summed E-state index contributed by atoms with van der Waals surface area (Å²) >= 11 is 0. The maximum absolute atomic E-state index is 11.7. The number of ether oxygens (including phenoxy) is 1. The van der Waals surface area contributed by atoms with Gasteiger partial charge in [0.15, 0.2) is 0 Å². The van der Waals surface area contributed by atoms with E-state index in [-0.39, 0.29) is 5.91 Å². The first-order chi connectivity index (χ1) is 10.3. The molecule has 110 valence electrons. The summed E-state index contributed by atoms with van der Waals surface area (Å²) in [4.78, 5) is 19.6. The van der Waals surface area contributed by atoms with Gasteiger partial charge >= 0.3 is 0 Å². The maximum atomic E-state index is 11.7. The number of methoxy groups -OCH3 is 1. The van der Waals surface area contributed by atoms with Crippen LogP contribution in [-0.4, -0.2) is 29.5 Å². The number of nitrogens with zero attached hydrogens (tertiary/aromatic N) is 2. The van der Waals surface area contributed by atoms with Crippen molar-refractivity contribution in [2.24, 2.45) is 0 Å². The van der Waals surface area contributed by atoms with Crippen LogP contribution in [0.15, 0.2) is 43.0 Å². The second-order valence-corrected chi connectivity index (χ2v) is 4.69. The molecule has 0 saturated carbocycles. The summed E-state index contributed by atoms with van der Waals surface area (Å²) in [6.45, 7) is 0.635. The van der Waals surface area contributed by atoms with E-state index in [1.165, 1.54) is 11.9 Å². The van der Waals surface area contributed by atoms with Gasteiger partial charge in [0.2, 0.25) is 5.91 Å². The minimum Gasteiger partial charge on any atom is -0.497 e. The van der Waals surface area contributed by atoms with E-state index in [4.69, 9.17) is 4.74 Å². The number of amides is 1. The van der Waals surface area contributed by atoms with Gasteiger partial charge in [-0.3, -0.25) is 4.79 Å². The summed E-state index contributed by atoms with van der Waals surface area (Å²) in [5.74, 6) is 0.889. The Hall–Kier alpha value is -2.43. The van der Waals surface area contributed by atoms with Crippen LogP contribution in [-0.2, 0) is 17.6 Å². The van der Waals surface area contributed by atoms with E-state index in [9.17, 15) is 4.79 Å². The summed E-state index contributed by atoms with van der Waals surface area (Å²) in [5.41, 5.74) is 2.15. The minimum atomic E-state index is 0.0485. The molecule has 1 heterocycles. The van der Waals surface area contributed by atoms with Crippen LogP contribution in [0.1, 0.15) is 17.5 Å². The normalized spacial score (nSPS) is 10.1. The van der Waals surface area contributed by atoms with Crippen LogP contribution in [0.5, 0.6) is 5.75 Å². The van der Waals surface area contributed by atoms with Gasteiger partial charge in [-0.25, -0.2) is 9.97 Å². The van der Waals surface area contributed by atoms with Gasteiger partial charge in [-0.05, 0) is 36.1 Å². The fourth-order valence-corrected chi connectivity index (χ4v) is 1.94. The number of hydrogen-bond acceptors (Lipinski definition) is 4. The molecule has 1 aromatic carbocycles. The van der Waals surface area contributed by atoms with Crippen molar-refractivity contribution in [3.63, 3.8) is 0 Å². The van der Waals surface area contributed by atoms with Crippen LogP contribution < -0.4 is 10.1 Å². The molecule has 2 aromatic rings.